The lowest BCUT2D eigenvalue weighted by atomic mass is 9.86. The van der Waals surface area contributed by atoms with Gasteiger partial charge in [-0.1, -0.05) is 152 Å². The van der Waals surface area contributed by atoms with E-state index in [9.17, 15) is 28.7 Å². The summed E-state index contributed by atoms with van der Waals surface area (Å²) in [6, 6.07) is 84.1. The van der Waals surface area contributed by atoms with Gasteiger partial charge < -0.3 is 65.3 Å². The van der Waals surface area contributed by atoms with Crippen LogP contribution < -0.4 is 60.2 Å². The number of hydrogen-bond donors (Lipinski definition) is 12. The molecule has 15 aromatic rings. The Hall–Kier alpha value is -14.1. The monoisotopic (exact) mass is 1920 g/mol. The number of rotatable bonds is 36. The van der Waals surface area contributed by atoms with Crippen molar-refractivity contribution in [2.75, 3.05) is 54.0 Å². The Morgan fingerprint density at radius 3 is 1.35 bits per heavy atom. The first-order chi connectivity index (χ1) is 69.1. The molecule has 4 aliphatic carbocycles. The van der Waals surface area contributed by atoms with E-state index in [2.05, 4.69) is 96.7 Å². The Labute approximate surface area is 832 Å². The van der Waals surface area contributed by atoms with Gasteiger partial charge in [-0.3, -0.25) is 34.0 Å². The first-order valence-corrected chi connectivity index (χ1v) is 49.5. The fourth-order valence-electron chi connectivity index (χ4n) is 18.0. The van der Waals surface area contributed by atoms with Gasteiger partial charge in [0.1, 0.15) is 34.2 Å². The van der Waals surface area contributed by atoms with E-state index in [1.165, 1.54) is 88.9 Å². The second-order valence-electron chi connectivity index (χ2n) is 37.6. The summed E-state index contributed by atoms with van der Waals surface area (Å²) in [7, 11) is 0. The quantitative estimate of drug-likeness (QED) is 0.0173. The highest BCUT2D eigenvalue weighted by Gasteiger charge is 2.36. The molecular weight excluding hydrogens is 1800 g/mol. The molecule has 7 heterocycles. The highest BCUT2D eigenvalue weighted by molar-refractivity contribution is 6.34. The maximum atomic E-state index is 14.9. The zero-order valence-corrected chi connectivity index (χ0v) is 81.3. The smallest absolute Gasteiger partial charge is 0.274 e. The first kappa shape index (κ1) is 99.4. The van der Waals surface area contributed by atoms with Crippen LogP contribution in [0, 0.1) is 51.3 Å². The molecule has 27 nitrogen and oxygen atoms in total. The number of carbonyl (C=O) groups is 4. The van der Waals surface area contributed by atoms with E-state index in [1.54, 1.807) is 61.5 Å². The third kappa shape index (κ3) is 25.8. The van der Waals surface area contributed by atoms with Crippen molar-refractivity contribution in [3.8, 4) is 22.7 Å². The summed E-state index contributed by atoms with van der Waals surface area (Å²) in [4.78, 5) is 64.9. The number of nitrogens with one attached hydrogen (secondary N) is 7. The number of halogens is 2. The van der Waals surface area contributed by atoms with Crippen molar-refractivity contribution in [3.63, 3.8) is 0 Å². The maximum absolute atomic E-state index is 14.9. The van der Waals surface area contributed by atoms with E-state index in [4.69, 9.17) is 34.5 Å². The van der Waals surface area contributed by atoms with Gasteiger partial charge in [-0.25, -0.2) is 23.1 Å². The number of anilines is 4. The highest BCUT2D eigenvalue weighted by Crippen LogP contribution is 2.41. The minimum atomic E-state index is -1.23. The van der Waals surface area contributed by atoms with Crippen molar-refractivity contribution in [2.45, 2.75) is 161 Å². The lowest BCUT2D eigenvalue weighted by Gasteiger charge is -2.30. The number of pyridine rings is 2. The summed E-state index contributed by atoms with van der Waals surface area (Å²) in [5, 5.41) is 53.0. The Kier molecular flexibility index (Phi) is 32.6. The zero-order valence-electron chi connectivity index (χ0n) is 80.6. The molecule has 6 aromatic heterocycles. The Morgan fingerprint density at radius 1 is 0.430 bits per heavy atom. The molecule has 0 spiro atoms. The van der Waals surface area contributed by atoms with Crippen LogP contribution in [0.15, 0.2) is 286 Å². The van der Waals surface area contributed by atoms with Crippen LogP contribution in [0.2, 0.25) is 5.02 Å². The number of aryl methyl sites for hydroxylation is 4. The number of aromatic nitrogens is 10. The lowest BCUT2D eigenvalue weighted by molar-refractivity contribution is 0.0795. The predicted molar refractivity (Wildman–Crippen MR) is 557 cm³/mol. The van der Waals surface area contributed by atoms with E-state index < -0.39 is 17.3 Å². The number of aliphatic hydroxyl groups is 1. The van der Waals surface area contributed by atoms with Crippen LogP contribution in [0.3, 0.4) is 0 Å². The molecule has 4 unspecified atom stereocenters. The molecule has 9 aromatic carbocycles. The normalized spacial score (nSPS) is 15.0. The van der Waals surface area contributed by atoms with Crippen LogP contribution in [0.5, 0.6) is 0 Å². The van der Waals surface area contributed by atoms with Gasteiger partial charge in [0.05, 0.1) is 79.7 Å². The van der Waals surface area contributed by atoms with Gasteiger partial charge in [-0.15, -0.1) is 0 Å². The molecule has 5 fully saturated rings. The third-order valence-electron chi connectivity index (χ3n) is 26.3. The van der Waals surface area contributed by atoms with Crippen molar-refractivity contribution in [1.29, 1.82) is 0 Å². The van der Waals surface area contributed by atoms with Gasteiger partial charge >= 0.3 is 0 Å². The van der Waals surface area contributed by atoms with E-state index >= 15 is 0 Å². The minimum Gasteiger partial charge on any atom is -0.379 e. The Bertz CT molecular complexity index is 6660. The number of carbonyl (C=O) groups excluding carboxylic acids is 4. The molecule has 0 bridgehead atoms. The van der Waals surface area contributed by atoms with Crippen LogP contribution in [0.4, 0.5) is 27.1 Å². The standard InChI is InChI=1S/C29H31N5O2.C28H29ClN6O.C28H29FN6O.C28H35N5O/c1-20-15-27(34(33-20)26-12-5-7-21(16-26)18-30)28(35)32-25-11-6-10-23(17-25)29(36,19-31-24-13-14-24)22-8-3-2-4-9-22;1-18-12-26(35(34-18)23-6-2-4-20(13-23)15-30)28(36)33-25-14-21(9-10-24(25)29)27(32-16-19-7-8-19)22-5-3-11-31-17-22;1-18-13-26(35(34-18)22-6-4-5-20(14-22)16-30)28(36)33-25-15-21(10-11-23(25)29)27(32-17-19-8-9-19)24-7-2-3-12-31-24;1-20-16-27(33(31-20)25-9-4-6-22(17-25)19-29)28(34)30-24-8-5-7-23(18-24)26(13-12-21-10-11-21)32-14-2-3-15-32/h2-12,15-17,24,31,36H,13-14,18-19,30H2,1H3,(H,32,35);2-6,9-14,17,19,27,32H,7-8,15-16,30H2,1H3,(H,33,36);2-7,10-15,19,27,32H,8-9,16-17,30H2,1H3,(H,33,36);4-9,16-18,21,26H,2-3,10-15,19,29H2,1H3,(H,30,34). The number of amides is 4. The molecule has 16 N–H and O–H groups in total. The molecule has 5 aliphatic rings. The Balaban J connectivity index is 0.000000130. The molecule has 20 rings (SSSR count). The molecule has 4 amide bonds. The molecule has 730 valence electrons. The molecule has 4 saturated carbocycles. The lowest BCUT2D eigenvalue weighted by Crippen LogP contribution is -2.40. The van der Waals surface area contributed by atoms with Crippen molar-refractivity contribution in [3.05, 3.63) is 403 Å². The highest BCUT2D eigenvalue weighted by atomic mass is 35.5. The summed E-state index contributed by atoms with van der Waals surface area (Å²) in [5.74, 6) is 0.601. The zero-order chi connectivity index (χ0) is 98.8. The van der Waals surface area contributed by atoms with Gasteiger partial charge in [0.2, 0.25) is 0 Å². The third-order valence-corrected chi connectivity index (χ3v) is 26.6. The Morgan fingerprint density at radius 2 is 0.873 bits per heavy atom. The van der Waals surface area contributed by atoms with E-state index in [-0.39, 0.29) is 35.5 Å². The van der Waals surface area contributed by atoms with E-state index in [1.807, 2.05) is 240 Å². The summed E-state index contributed by atoms with van der Waals surface area (Å²) >= 11 is 6.53. The van der Waals surface area contributed by atoms with Gasteiger partial charge in [-0.2, -0.15) is 20.4 Å². The topological polar surface area (TPSA) is 377 Å². The largest absolute Gasteiger partial charge is 0.379 e. The average molecular weight is 1920 g/mol. The van der Waals surface area contributed by atoms with E-state index in [0.29, 0.717) is 107 Å². The molecular formula is C113H124ClFN22O5. The SMILES string of the molecule is Cc1cc(C(=O)Nc2cc(C(NCC3CC3)c3ccccn3)ccc2F)n(-c2cccc(CN)c2)n1.Cc1cc(C(=O)Nc2cc(C(NCC3CC3)c3cccnc3)ccc2Cl)n(-c2cccc(CN)c2)n1.Cc1cc(C(=O)Nc2cccc(C(CCC3CC3)N3CCCC3)c2)n(-c2cccc(CN)c2)n1.Cc1cc(C(=O)Nc2cccc(C(O)(CNC3CC3)c3ccccc3)c2)n(-c2cccc(CN)c2)n1. The maximum Gasteiger partial charge on any atom is 0.274 e. The molecule has 29 heteroatoms. The van der Waals surface area contributed by atoms with Gasteiger partial charge in [0.15, 0.2) is 0 Å². The molecule has 1 aliphatic heterocycles. The molecule has 0 radical (unpaired) electrons. The number of benzene rings is 9. The number of likely N-dealkylation sites (tertiary alicyclic amines) is 1. The van der Waals surface area contributed by atoms with E-state index in [0.717, 1.165) is 128 Å². The fraction of sp³-hybridized carbons (Fsp3) is 0.292. The molecule has 4 atom stereocenters. The minimum absolute atomic E-state index is 0.0565. The number of hydrogen-bond acceptors (Lipinski definition) is 19. The predicted octanol–water partition coefficient (Wildman–Crippen LogP) is 18.6. The average Bonchev–Trinajstić information content (AvgIpc) is 0.879. The van der Waals surface area contributed by atoms with Crippen LogP contribution in [0.1, 0.15) is 221 Å². The van der Waals surface area contributed by atoms with Crippen LogP contribution >= 0.6 is 11.6 Å². The summed E-state index contributed by atoms with van der Waals surface area (Å²) in [5.41, 5.74) is 42.1. The first-order valence-electron chi connectivity index (χ1n) is 49.1. The summed E-state index contributed by atoms with van der Waals surface area (Å²) in [6.07, 6.45) is 20.4. The van der Waals surface area contributed by atoms with Gasteiger partial charge in [0.25, 0.3) is 23.6 Å². The van der Waals surface area contributed by atoms with Crippen molar-refractivity contribution < 1.29 is 28.7 Å². The van der Waals surface area contributed by atoms with Crippen LogP contribution in [0.25, 0.3) is 22.7 Å². The van der Waals surface area contributed by atoms with Crippen molar-refractivity contribution in [1.82, 2.24) is 69.9 Å². The van der Waals surface area contributed by atoms with Crippen molar-refractivity contribution in [2.24, 2.45) is 40.7 Å². The van der Waals surface area contributed by atoms with Crippen molar-refractivity contribution >= 4 is 58.0 Å². The molecule has 1 saturated heterocycles. The second-order valence-corrected chi connectivity index (χ2v) is 38.0. The number of nitrogens with zero attached hydrogens (tertiary/aromatic N) is 11. The van der Waals surface area contributed by atoms with Gasteiger partial charge in [-0.05, 0) is 331 Å². The van der Waals surface area contributed by atoms with Gasteiger partial charge in [0, 0.05) is 74.8 Å². The number of nitrogens with two attached hydrogens (primary N) is 4. The summed E-state index contributed by atoms with van der Waals surface area (Å²) < 4.78 is 21.4. The van der Waals surface area contributed by atoms with Crippen LogP contribution in [-0.2, 0) is 31.8 Å². The van der Waals surface area contributed by atoms with Crippen LogP contribution in [-0.4, -0.2) is 121 Å². The summed E-state index contributed by atoms with van der Waals surface area (Å²) in [6.45, 7) is 13.6. The second kappa shape index (κ2) is 46.5. The fourth-order valence-corrected chi connectivity index (χ4v) is 18.1. The molecule has 142 heavy (non-hydrogen) atoms.